The molecule has 3 N–H and O–H groups in total. The van der Waals surface area contributed by atoms with Crippen LogP contribution in [0.2, 0.25) is 0 Å². The molecule has 7 nitrogen and oxygen atoms in total. The minimum Gasteiger partial charge on any atom is -0.508 e. The summed E-state index contributed by atoms with van der Waals surface area (Å²) in [5.41, 5.74) is 3.29. The summed E-state index contributed by atoms with van der Waals surface area (Å²) in [4.78, 5) is 19.2. The zero-order valence-corrected chi connectivity index (χ0v) is 14.5. The van der Waals surface area contributed by atoms with Crippen LogP contribution in [0.25, 0.3) is 22.3 Å². The maximum atomic E-state index is 12.7. The number of aryl methyl sites for hydroxylation is 1. The maximum absolute atomic E-state index is 12.7. The second-order valence-electron chi connectivity index (χ2n) is 6.21. The number of H-pyrrole nitrogens is 1. The molecule has 0 saturated carbocycles. The van der Waals surface area contributed by atoms with Gasteiger partial charge in [0.05, 0.1) is 16.6 Å². The quantitative estimate of drug-likeness (QED) is 0.660. The monoisotopic (exact) mass is 339 g/mol. The summed E-state index contributed by atoms with van der Waals surface area (Å²) >= 11 is 0. The summed E-state index contributed by atoms with van der Waals surface area (Å²) in [7, 11) is 3.92. The lowest BCUT2D eigenvalue weighted by Gasteiger charge is -2.12. The highest BCUT2D eigenvalue weighted by Crippen LogP contribution is 2.26. The Balaban J connectivity index is 2.01. The summed E-state index contributed by atoms with van der Waals surface area (Å²) in [6.07, 6.45) is 0. The van der Waals surface area contributed by atoms with Gasteiger partial charge in [0, 0.05) is 24.3 Å². The molecule has 0 bridgehead atoms. The number of hydrogen-bond acceptors (Lipinski definition) is 5. The Kier molecular flexibility index (Phi) is 4.67. The molecule has 0 spiro atoms. The van der Waals surface area contributed by atoms with Crippen molar-refractivity contribution in [2.24, 2.45) is 0 Å². The molecule has 0 atom stereocenters. The molecule has 3 rings (SSSR count). The van der Waals surface area contributed by atoms with Crippen molar-refractivity contribution < 1.29 is 9.90 Å². The van der Waals surface area contributed by atoms with Crippen LogP contribution < -0.4 is 5.32 Å². The minimum absolute atomic E-state index is 0.154. The third-order valence-electron chi connectivity index (χ3n) is 3.96. The summed E-state index contributed by atoms with van der Waals surface area (Å²) in [6, 6.07) is 8.47. The largest absolute Gasteiger partial charge is 0.508 e. The van der Waals surface area contributed by atoms with Gasteiger partial charge in [0.2, 0.25) is 0 Å². The average Bonchev–Trinajstić information content (AvgIpc) is 2.95. The fraction of sp³-hybridized carbons (Fsp3) is 0.278. The van der Waals surface area contributed by atoms with Gasteiger partial charge in [0.15, 0.2) is 5.65 Å². The number of nitrogens with zero attached hydrogens (tertiary/aromatic N) is 3. The second kappa shape index (κ2) is 6.90. The number of carbonyl (C=O) groups is 1. The highest BCUT2D eigenvalue weighted by Gasteiger charge is 2.17. The van der Waals surface area contributed by atoms with E-state index >= 15 is 0 Å². The molecule has 0 fully saturated rings. The molecule has 7 heteroatoms. The fourth-order valence-electron chi connectivity index (χ4n) is 2.62. The second-order valence-corrected chi connectivity index (χ2v) is 6.21. The van der Waals surface area contributed by atoms with Crippen molar-refractivity contribution in [1.82, 2.24) is 25.4 Å². The Labute approximate surface area is 145 Å². The first-order valence-electron chi connectivity index (χ1n) is 8.04. The SMILES string of the molecule is Cc1[nH]nc2nc(-c3ccc(O)cc3)cc(C(=O)NCCN(C)C)c12. The van der Waals surface area contributed by atoms with Gasteiger partial charge in [-0.15, -0.1) is 0 Å². The molecule has 130 valence electrons. The number of nitrogens with one attached hydrogen (secondary N) is 2. The third-order valence-corrected chi connectivity index (χ3v) is 3.96. The molecule has 0 aliphatic rings. The van der Waals surface area contributed by atoms with E-state index < -0.39 is 0 Å². The lowest BCUT2D eigenvalue weighted by molar-refractivity contribution is 0.0952. The maximum Gasteiger partial charge on any atom is 0.252 e. The van der Waals surface area contributed by atoms with E-state index in [9.17, 15) is 9.90 Å². The van der Waals surface area contributed by atoms with Crippen LogP contribution in [-0.4, -0.2) is 58.3 Å². The average molecular weight is 339 g/mol. The first kappa shape index (κ1) is 16.9. The Bertz CT molecular complexity index is 900. The van der Waals surface area contributed by atoms with Crippen molar-refractivity contribution >= 4 is 16.9 Å². The standard InChI is InChI=1S/C18H21N5O2/c1-11-16-14(18(25)19-8-9-23(2)3)10-15(20-17(16)22-21-11)12-4-6-13(24)7-5-12/h4-7,10,24H,8-9H2,1-3H3,(H,19,25)(H,20,21,22). The first-order chi connectivity index (χ1) is 12.0. The van der Waals surface area contributed by atoms with Gasteiger partial charge in [-0.3, -0.25) is 9.89 Å². The number of rotatable bonds is 5. The number of aromatic hydroxyl groups is 1. The number of benzene rings is 1. The Morgan fingerprint density at radius 1 is 1.28 bits per heavy atom. The van der Waals surface area contributed by atoms with Crippen LogP contribution in [-0.2, 0) is 0 Å². The van der Waals surface area contributed by atoms with E-state index in [2.05, 4.69) is 20.5 Å². The Hall–Kier alpha value is -2.93. The van der Waals surface area contributed by atoms with Gasteiger partial charge in [-0.1, -0.05) is 0 Å². The smallest absolute Gasteiger partial charge is 0.252 e. The number of amides is 1. The predicted octanol–water partition coefficient (Wildman–Crippen LogP) is 1.93. The Morgan fingerprint density at radius 2 is 2.00 bits per heavy atom. The number of phenols is 1. The van der Waals surface area contributed by atoms with Crippen LogP contribution in [0.3, 0.4) is 0 Å². The Morgan fingerprint density at radius 3 is 2.68 bits per heavy atom. The predicted molar refractivity (Wildman–Crippen MR) is 96.6 cm³/mol. The first-order valence-corrected chi connectivity index (χ1v) is 8.04. The number of hydrogen-bond donors (Lipinski definition) is 3. The van der Waals surface area contributed by atoms with Gasteiger partial charge >= 0.3 is 0 Å². The van der Waals surface area contributed by atoms with E-state index in [4.69, 9.17) is 0 Å². The number of fused-ring (bicyclic) bond motifs is 1. The van der Waals surface area contributed by atoms with Crippen molar-refractivity contribution in [3.8, 4) is 17.0 Å². The molecule has 0 aliphatic carbocycles. The van der Waals surface area contributed by atoms with Gasteiger partial charge in [0.25, 0.3) is 5.91 Å². The van der Waals surface area contributed by atoms with Crippen molar-refractivity contribution in [2.75, 3.05) is 27.2 Å². The van der Waals surface area contributed by atoms with E-state index in [0.29, 0.717) is 23.4 Å². The molecule has 25 heavy (non-hydrogen) atoms. The lowest BCUT2D eigenvalue weighted by Crippen LogP contribution is -2.31. The zero-order chi connectivity index (χ0) is 18.0. The number of aromatic amines is 1. The lowest BCUT2D eigenvalue weighted by atomic mass is 10.0. The van der Waals surface area contributed by atoms with Gasteiger partial charge in [-0.25, -0.2) is 4.98 Å². The van der Waals surface area contributed by atoms with E-state index in [1.165, 1.54) is 0 Å². The van der Waals surface area contributed by atoms with Gasteiger partial charge in [-0.05, 0) is 51.4 Å². The number of aromatic nitrogens is 3. The van der Waals surface area contributed by atoms with Crippen molar-refractivity contribution in [1.29, 1.82) is 0 Å². The van der Waals surface area contributed by atoms with Crippen LogP contribution >= 0.6 is 0 Å². The molecule has 1 aromatic carbocycles. The van der Waals surface area contributed by atoms with E-state index in [1.54, 1.807) is 30.3 Å². The number of pyridine rings is 1. The molecule has 0 aliphatic heterocycles. The molecule has 0 unspecified atom stereocenters. The van der Waals surface area contributed by atoms with Crippen molar-refractivity contribution in [3.05, 3.63) is 41.6 Å². The zero-order valence-electron chi connectivity index (χ0n) is 14.5. The van der Waals surface area contributed by atoms with Crippen molar-refractivity contribution in [3.63, 3.8) is 0 Å². The molecule has 0 radical (unpaired) electrons. The molecule has 2 aromatic heterocycles. The normalized spacial score (nSPS) is 11.2. The van der Waals surface area contributed by atoms with E-state index in [-0.39, 0.29) is 11.7 Å². The fourth-order valence-corrected chi connectivity index (χ4v) is 2.62. The van der Waals surface area contributed by atoms with E-state index in [0.717, 1.165) is 23.2 Å². The van der Waals surface area contributed by atoms with Crippen LogP contribution in [0.4, 0.5) is 0 Å². The molecule has 2 heterocycles. The highest BCUT2D eigenvalue weighted by atomic mass is 16.3. The molecular weight excluding hydrogens is 318 g/mol. The van der Waals surface area contributed by atoms with Crippen LogP contribution in [0.1, 0.15) is 16.1 Å². The number of carbonyl (C=O) groups excluding carboxylic acids is 1. The highest BCUT2D eigenvalue weighted by molar-refractivity contribution is 6.07. The topological polar surface area (TPSA) is 94.1 Å². The van der Waals surface area contributed by atoms with Crippen LogP contribution in [0, 0.1) is 6.92 Å². The number of likely N-dealkylation sites (N-methyl/N-ethyl adjacent to an activating group) is 1. The van der Waals surface area contributed by atoms with E-state index in [1.807, 2.05) is 25.9 Å². The van der Waals surface area contributed by atoms with Crippen LogP contribution in [0.15, 0.2) is 30.3 Å². The summed E-state index contributed by atoms with van der Waals surface area (Å²) in [6.45, 7) is 3.18. The molecular formula is C18H21N5O2. The molecule has 1 amide bonds. The summed E-state index contributed by atoms with van der Waals surface area (Å²) in [5.74, 6) is 0.0286. The van der Waals surface area contributed by atoms with Crippen LogP contribution in [0.5, 0.6) is 5.75 Å². The minimum atomic E-state index is -0.154. The van der Waals surface area contributed by atoms with Gasteiger partial charge < -0.3 is 15.3 Å². The third kappa shape index (κ3) is 3.61. The molecule has 0 saturated heterocycles. The summed E-state index contributed by atoms with van der Waals surface area (Å²) < 4.78 is 0. The van der Waals surface area contributed by atoms with Gasteiger partial charge in [0.1, 0.15) is 5.75 Å². The number of phenolic OH excluding ortho intramolecular Hbond substituents is 1. The summed E-state index contributed by atoms with van der Waals surface area (Å²) in [5, 5.41) is 20.2. The molecule has 3 aromatic rings. The van der Waals surface area contributed by atoms with Gasteiger partial charge in [-0.2, -0.15) is 5.10 Å². The van der Waals surface area contributed by atoms with Crippen molar-refractivity contribution in [2.45, 2.75) is 6.92 Å².